The van der Waals surface area contributed by atoms with Gasteiger partial charge in [-0.3, -0.25) is 24.3 Å². The number of nitrogens with one attached hydrogen (secondary N) is 2. The summed E-state index contributed by atoms with van der Waals surface area (Å²) >= 11 is 0. The molecule has 11 heteroatoms. The van der Waals surface area contributed by atoms with Crippen LogP contribution in [-0.4, -0.2) is 50.9 Å². The van der Waals surface area contributed by atoms with Crippen molar-refractivity contribution in [2.45, 2.75) is 50.7 Å². The van der Waals surface area contributed by atoms with Crippen molar-refractivity contribution in [1.29, 1.82) is 0 Å². The van der Waals surface area contributed by atoms with Crippen molar-refractivity contribution in [3.05, 3.63) is 108 Å². The van der Waals surface area contributed by atoms with Gasteiger partial charge in [-0.05, 0) is 73.0 Å². The summed E-state index contributed by atoms with van der Waals surface area (Å²) in [5.74, 6) is -0.451. The van der Waals surface area contributed by atoms with E-state index in [2.05, 4.69) is 25.9 Å². The zero-order chi connectivity index (χ0) is 31.9. The van der Waals surface area contributed by atoms with Crippen molar-refractivity contribution in [2.75, 3.05) is 17.3 Å². The molecule has 1 unspecified atom stereocenters. The van der Waals surface area contributed by atoms with Crippen LogP contribution < -0.4 is 20.3 Å². The third-order valence-electron chi connectivity index (χ3n) is 8.14. The number of carbonyl (C=O) groups excluding carboxylic acids is 3. The molecule has 1 aliphatic carbocycles. The SMILES string of the molecule is COc1ccc(C(C(=O)NC2CCCCC2)N(C(=O)Cn2nnc3ccccc32)c2cccc(NC(=O)c3ccccn3)c2)cc1. The van der Waals surface area contributed by atoms with Gasteiger partial charge in [-0.1, -0.05) is 60.9 Å². The standard InChI is InChI=1S/C35H35N7O4/c1-46-28-19-17-24(18-20-28)33(35(45)37-25-10-3-2-4-11-25)42(32(43)23-41-31-16-6-5-14-29(31)39-40-41)27-13-9-12-26(22-27)38-34(44)30-15-7-8-21-36-30/h5-9,12-22,25,33H,2-4,10-11,23H2,1H3,(H,37,45)(H,38,44). The Morgan fingerprint density at radius 2 is 1.72 bits per heavy atom. The number of pyridine rings is 1. The van der Waals surface area contributed by atoms with Gasteiger partial charge >= 0.3 is 0 Å². The number of nitrogens with zero attached hydrogens (tertiary/aromatic N) is 5. The highest BCUT2D eigenvalue weighted by atomic mass is 16.5. The highest BCUT2D eigenvalue weighted by Gasteiger charge is 2.35. The number of carbonyl (C=O) groups is 3. The predicted octanol–water partition coefficient (Wildman–Crippen LogP) is 5.31. The summed E-state index contributed by atoms with van der Waals surface area (Å²) in [4.78, 5) is 47.4. The first-order valence-electron chi connectivity index (χ1n) is 15.4. The minimum atomic E-state index is -1.03. The van der Waals surface area contributed by atoms with E-state index in [1.165, 1.54) is 9.58 Å². The smallest absolute Gasteiger partial charge is 0.274 e. The fourth-order valence-electron chi connectivity index (χ4n) is 5.83. The van der Waals surface area contributed by atoms with Gasteiger partial charge in [0.25, 0.3) is 5.91 Å². The minimum absolute atomic E-state index is 0.0159. The third-order valence-corrected chi connectivity index (χ3v) is 8.14. The second kappa shape index (κ2) is 14.0. The van der Waals surface area contributed by atoms with Crippen LogP contribution in [0.15, 0.2) is 97.2 Å². The first-order valence-corrected chi connectivity index (χ1v) is 15.4. The van der Waals surface area contributed by atoms with Gasteiger partial charge in [0.05, 0.1) is 12.6 Å². The number of anilines is 2. The highest BCUT2D eigenvalue weighted by molar-refractivity contribution is 6.05. The average molecular weight is 618 g/mol. The molecule has 1 saturated carbocycles. The molecule has 2 aromatic heterocycles. The molecule has 1 atom stereocenters. The molecule has 0 spiro atoms. The van der Waals surface area contributed by atoms with E-state index in [0.29, 0.717) is 33.7 Å². The maximum absolute atomic E-state index is 14.5. The van der Waals surface area contributed by atoms with Crippen molar-refractivity contribution in [2.24, 2.45) is 0 Å². The second-order valence-electron chi connectivity index (χ2n) is 11.2. The van der Waals surface area contributed by atoms with Crippen LogP contribution in [0, 0.1) is 0 Å². The minimum Gasteiger partial charge on any atom is -0.497 e. The lowest BCUT2D eigenvalue weighted by atomic mass is 9.94. The average Bonchev–Trinajstić information content (AvgIpc) is 3.50. The zero-order valence-corrected chi connectivity index (χ0v) is 25.5. The number of para-hydroxylation sites is 1. The monoisotopic (exact) mass is 617 g/mol. The summed E-state index contributed by atoms with van der Waals surface area (Å²) in [6, 6.07) is 25.5. The van der Waals surface area contributed by atoms with E-state index >= 15 is 0 Å². The summed E-state index contributed by atoms with van der Waals surface area (Å²) in [5.41, 5.74) is 3.07. The summed E-state index contributed by atoms with van der Waals surface area (Å²) in [7, 11) is 1.57. The number of hydrogen-bond acceptors (Lipinski definition) is 7. The highest BCUT2D eigenvalue weighted by Crippen LogP contribution is 2.32. The Bertz CT molecular complexity index is 1820. The van der Waals surface area contributed by atoms with E-state index in [1.54, 1.807) is 80.0 Å². The molecule has 46 heavy (non-hydrogen) atoms. The van der Waals surface area contributed by atoms with E-state index in [9.17, 15) is 14.4 Å². The van der Waals surface area contributed by atoms with Crippen LogP contribution in [0.5, 0.6) is 5.75 Å². The van der Waals surface area contributed by atoms with Crippen LogP contribution >= 0.6 is 0 Å². The maximum Gasteiger partial charge on any atom is 0.274 e. The molecule has 5 aromatic rings. The second-order valence-corrected chi connectivity index (χ2v) is 11.2. The molecule has 3 aromatic carbocycles. The molecule has 11 nitrogen and oxygen atoms in total. The molecule has 0 bridgehead atoms. The molecule has 6 rings (SSSR count). The van der Waals surface area contributed by atoms with Gasteiger partial charge in [0.2, 0.25) is 11.8 Å². The van der Waals surface area contributed by atoms with Crippen LogP contribution in [0.2, 0.25) is 0 Å². The van der Waals surface area contributed by atoms with Crippen LogP contribution in [0.1, 0.15) is 54.2 Å². The lowest BCUT2D eigenvalue weighted by molar-refractivity contribution is -0.127. The lowest BCUT2D eigenvalue weighted by Gasteiger charge is -2.33. The Morgan fingerprint density at radius 3 is 2.48 bits per heavy atom. The number of methoxy groups -OCH3 is 1. The normalized spacial score (nSPS) is 13.9. The number of aromatic nitrogens is 4. The fraction of sp³-hybridized carbons (Fsp3) is 0.257. The Kier molecular flexibility index (Phi) is 9.28. The molecule has 1 aliphatic rings. The predicted molar refractivity (Wildman–Crippen MR) is 174 cm³/mol. The molecule has 0 radical (unpaired) electrons. The first kappa shape index (κ1) is 30.4. The molecular formula is C35H35N7O4. The van der Waals surface area contributed by atoms with Crippen LogP contribution in [0.25, 0.3) is 11.0 Å². The number of benzene rings is 3. The summed E-state index contributed by atoms with van der Waals surface area (Å²) in [5, 5.41) is 14.5. The Balaban J connectivity index is 1.41. The van der Waals surface area contributed by atoms with Gasteiger partial charge in [0.15, 0.2) is 0 Å². The molecule has 3 amide bonds. The summed E-state index contributed by atoms with van der Waals surface area (Å²) < 4.78 is 6.91. The number of fused-ring (bicyclic) bond motifs is 1. The molecule has 234 valence electrons. The Hall–Kier alpha value is -5.58. The van der Waals surface area contributed by atoms with Crippen molar-refractivity contribution in [1.82, 2.24) is 25.3 Å². The maximum atomic E-state index is 14.5. The molecule has 2 heterocycles. The third kappa shape index (κ3) is 6.88. The topological polar surface area (TPSA) is 131 Å². The van der Waals surface area contributed by atoms with Gasteiger partial charge in [-0.25, -0.2) is 4.68 Å². The number of rotatable bonds is 10. The van der Waals surface area contributed by atoms with Crippen molar-refractivity contribution in [3.63, 3.8) is 0 Å². The van der Waals surface area contributed by atoms with Gasteiger partial charge in [0, 0.05) is 23.6 Å². The quantitative estimate of drug-likeness (QED) is 0.217. The van der Waals surface area contributed by atoms with Gasteiger partial charge < -0.3 is 15.4 Å². The summed E-state index contributed by atoms with van der Waals surface area (Å²) in [6.07, 6.45) is 6.53. The van der Waals surface area contributed by atoms with E-state index in [-0.39, 0.29) is 30.1 Å². The summed E-state index contributed by atoms with van der Waals surface area (Å²) in [6.45, 7) is -0.172. The molecule has 2 N–H and O–H groups in total. The van der Waals surface area contributed by atoms with E-state index in [0.717, 1.165) is 32.1 Å². The van der Waals surface area contributed by atoms with E-state index in [4.69, 9.17) is 4.74 Å². The Labute approximate surface area is 266 Å². The van der Waals surface area contributed by atoms with Gasteiger partial charge in [-0.15, -0.1) is 5.10 Å². The van der Waals surface area contributed by atoms with Crippen LogP contribution in [0.4, 0.5) is 11.4 Å². The van der Waals surface area contributed by atoms with Crippen molar-refractivity contribution in [3.8, 4) is 5.75 Å². The largest absolute Gasteiger partial charge is 0.497 e. The molecule has 0 saturated heterocycles. The number of amides is 3. The fourth-order valence-corrected chi connectivity index (χ4v) is 5.83. The molecular weight excluding hydrogens is 582 g/mol. The number of ether oxygens (including phenoxy) is 1. The Morgan fingerprint density at radius 1 is 0.935 bits per heavy atom. The first-order chi connectivity index (χ1) is 22.5. The van der Waals surface area contributed by atoms with Gasteiger partial charge in [-0.2, -0.15) is 0 Å². The molecule has 0 aliphatic heterocycles. The zero-order valence-electron chi connectivity index (χ0n) is 25.5. The number of hydrogen-bond donors (Lipinski definition) is 2. The van der Waals surface area contributed by atoms with E-state index in [1.807, 2.05) is 24.3 Å². The van der Waals surface area contributed by atoms with E-state index < -0.39 is 11.9 Å². The van der Waals surface area contributed by atoms with Crippen molar-refractivity contribution < 1.29 is 19.1 Å². The molecule has 1 fully saturated rings. The lowest BCUT2D eigenvalue weighted by Crippen LogP contribution is -2.48. The van der Waals surface area contributed by atoms with Crippen LogP contribution in [0.3, 0.4) is 0 Å². The van der Waals surface area contributed by atoms with Crippen LogP contribution in [-0.2, 0) is 16.1 Å². The van der Waals surface area contributed by atoms with Crippen molar-refractivity contribution >= 4 is 40.1 Å². The van der Waals surface area contributed by atoms with Gasteiger partial charge in [0.1, 0.15) is 29.5 Å².